The highest BCUT2D eigenvalue weighted by molar-refractivity contribution is 6.07. The highest BCUT2D eigenvalue weighted by atomic mass is 19.1. The van der Waals surface area contributed by atoms with Crippen LogP contribution in [0.5, 0.6) is 5.75 Å². The lowest BCUT2D eigenvalue weighted by molar-refractivity contribution is 0.0591. The quantitative estimate of drug-likeness (QED) is 0.452. The van der Waals surface area contributed by atoms with Crippen LogP contribution in [0.15, 0.2) is 67.0 Å². The molecule has 0 radical (unpaired) electrons. The molecule has 1 fully saturated rings. The van der Waals surface area contributed by atoms with E-state index in [0.29, 0.717) is 11.4 Å². The van der Waals surface area contributed by atoms with E-state index in [4.69, 9.17) is 9.47 Å². The van der Waals surface area contributed by atoms with Gasteiger partial charge in [0, 0.05) is 23.9 Å². The van der Waals surface area contributed by atoms with Gasteiger partial charge in [-0.05, 0) is 74.0 Å². The molecule has 35 heavy (non-hydrogen) atoms. The van der Waals surface area contributed by atoms with Crippen LogP contribution < -0.4 is 20.7 Å². The first-order valence-electron chi connectivity index (χ1n) is 11.4. The Morgan fingerprint density at radius 2 is 1.71 bits per heavy atom. The molecule has 1 aromatic heterocycles. The molecule has 0 spiro atoms. The van der Waals surface area contributed by atoms with Crippen molar-refractivity contribution >= 4 is 23.4 Å². The standard InChI is InChI=1S/C26H27FN4O4/c1-34-23-7-6-19(16-20(23)27)25(32)30-21-4-2-3-5-22(21)31-26(33)35-24(17-8-12-28-13-9-17)18-10-14-29-15-11-18/h2-9,12-13,16,18,24,29H,10-11,14-15H2,1H3,(H,30,32)(H,31,33). The van der Waals surface area contributed by atoms with Gasteiger partial charge >= 0.3 is 6.09 Å². The molecule has 2 amide bonds. The van der Waals surface area contributed by atoms with Gasteiger partial charge in [-0.3, -0.25) is 15.1 Å². The summed E-state index contributed by atoms with van der Waals surface area (Å²) in [7, 11) is 1.35. The molecule has 4 rings (SSSR count). The Kier molecular flexibility index (Phi) is 7.89. The molecule has 9 heteroatoms. The Morgan fingerprint density at radius 1 is 1.03 bits per heavy atom. The normalized spacial score (nSPS) is 14.6. The number of benzene rings is 2. The van der Waals surface area contributed by atoms with Crippen molar-refractivity contribution in [3.63, 3.8) is 0 Å². The number of carbonyl (C=O) groups excluding carboxylic acids is 2. The van der Waals surface area contributed by atoms with Crippen molar-refractivity contribution < 1.29 is 23.5 Å². The smallest absolute Gasteiger partial charge is 0.412 e. The van der Waals surface area contributed by atoms with E-state index in [0.717, 1.165) is 37.6 Å². The van der Waals surface area contributed by atoms with E-state index < -0.39 is 23.9 Å². The van der Waals surface area contributed by atoms with Crippen LogP contribution in [-0.2, 0) is 4.74 Å². The lowest BCUT2D eigenvalue weighted by Gasteiger charge is -2.30. The summed E-state index contributed by atoms with van der Waals surface area (Å²) in [6, 6.07) is 14.4. The molecule has 8 nitrogen and oxygen atoms in total. The molecule has 1 aliphatic heterocycles. The predicted molar refractivity (Wildman–Crippen MR) is 130 cm³/mol. The van der Waals surface area contributed by atoms with Crippen molar-refractivity contribution in [2.45, 2.75) is 18.9 Å². The number of amides is 2. The minimum absolute atomic E-state index is 0.0452. The van der Waals surface area contributed by atoms with Gasteiger partial charge in [-0.1, -0.05) is 12.1 Å². The van der Waals surface area contributed by atoms with Crippen LogP contribution >= 0.6 is 0 Å². The number of hydrogen-bond donors (Lipinski definition) is 3. The molecule has 0 bridgehead atoms. The molecule has 0 saturated carbocycles. The molecule has 2 heterocycles. The number of para-hydroxylation sites is 2. The van der Waals surface area contributed by atoms with E-state index in [1.54, 1.807) is 36.7 Å². The first kappa shape index (κ1) is 24.2. The summed E-state index contributed by atoms with van der Waals surface area (Å²) in [5, 5.41) is 8.77. The molecule has 1 atom stereocenters. The number of nitrogens with zero attached hydrogens (tertiary/aromatic N) is 1. The van der Waals surface area contributed by atoms with Crippen LogP contribution in [-0.4, -0.2) is 37.2 Å². The second-order valence-electron chi connectivity index (χ2n) is 8.17. The number of piperidine rings is 1. The Hall–Kier alpha value is -3.98. The summed E-state index contributed by atoms with van der Waals surface area (Å²) in [6.07, 6.45) is 4.05. The summed E-state index contributed by atoms with van der Waals surface area (Å²) in [4.78, 5) is 29.7. The fourth-order valence-corrected chi connectivity index (χ4v) is 4.09. The molecule has 1 saturated heterocycles. The van der Waals surface area contributed by atoms with E-state index in [2.05, 4.69) is 20.9 Å². The Morgan fingerprint density at radius 3 is 2.37 bits per heavy atom. The van der Waals surface area contributed by atoms with Crippen molar-refractivity contribution in [1.29, 1.82) is 0 Å². The maximum atomic E-state index is 14.0. The summed E-state index contributed by atoms with van der Waals surface area (Å²) in [6.45, 7) is 1.72. The van der Waals surface area contributed by atoms with Crippen LogP contribution in [0.25, 0.3) is 0 Å². The van der Waals surface area contributed by atoms with Crippen molar-refractivity contribution in [3.8, 4) is 5.75 Å². The number of anilines is 2. The number of pyridine rings is 1. The molecular weight excluding hydrogens is 451 g/mol. The third-order valence-corrected chi connectivity index (χ3v) is 5.91. The summed E-state index contributed by atoms with van der Waals surface area (Å²) in [5.74, 6) is -0.957. The zero-order valence-electron chi connectivity index (χ0n) is 19.3. The van der Waals surface area contributed by atoms with Crippen LogP contribution in [0, 0.1) is 11.7 Å². The molecule has 1 unspecified atom stereocenters. The molecule has 182 valence electrons. The second-order valence-corrected chi connectivity index (χ2v) is 8.17. The molecule has 3 aromatic rings. The number of rotatable bonds is 7. The van der Waals surface area contributed by atoms with Crippen molar-refractivity contribution in [2.24, 2.45) is 5.92 Å². The van der Waals surface area contributed by atoms with Gasteiger partial charge in [0.25, 0.3) is 5.91 Å². The lowest BCUT2D eigenvalue weighted by Crippen LogP contribution is -2.33. The van der Waals surface area contributed by atoms with E-state index >= 15 is 0 Å². The maximum Gasteiger partial charge on any atom is 0.412 e. The minimum Gasteiger partial charge on any atom is -0.494 e. The van der Waals surface area contributed by atoms with Crippen LogP contribution in [0.4, 0.5) is 20.6 Å². The van der Waals surface area contributed by atoms with E-state index in [1.165, 1.54) is 19.2 Å². The van der Waals surface area contributed by atoms with Gasteiger partial charge in [0.1, 0.15) is 6.10 Å². The summed E-state index contributed by atoms with van der Waals surface area (Å²) >= 11 is 0. The third-order valence-electron chi connectivity index (χ3n) is 5.91. The number of methoxy groups -OCH3 is 1. The summed E-state index contributed by atoms with van der Waals surface area (Å²) < 4.78 is 24.8. The number of ether oxygens (including phenoxy) is 2. The zero-order valence-corrected chi connectivity index (χ0v) is 19.3. The van der Waals surface area contributed by atoms with Gasteiger partial charge in [-0.2, -0.15) is 0 Å². The number of hydrogen-bond acceptors (Lipinski definition) is 6. The zero-order chi connectivity index (χ0) is 24.6. The van der Waals surface area contributed by atoms with Gasteiger partial charge in [-0.25, -0.2) is 9.18 Å². The Bertz CT molecular complexity index is 1170. The molecule has 1 aliphatic rings. The number of carbonyl (C=O) groups is 2. The maximum absolute atomic E-state index is 14.0. The van der Waals surface area contributed by atoms with Gasteiger partial charge < -0.3 is 20.1 Å². The highest BCUT2D eigenvalue weighted by Gasteiger charge is 2.28. The first-order valence-corrected chi connectivity index (χ1v) is 11.4. The minimum atomic E-state index is -0.643. The van der Waals surface area contributed by atoms with Crippen molar-refractivity contribution in [1.82, 2.24) is 10.3 Å². The van der Waals surface area contributed by atoms with E-state index in [1.807, 2.05) is 12.1 Å². The fraction of sp³-hybridized carbons (Fsp3) is 0.269. The van der Waals surface area contributed by atoms with Crippen LogP contribution in [0.1, 0.15) is 34.9 Å². The Labute approximate surface area is 202 Å². The van der Waals surface area contributed by atoms with Crippen molar-refractivity contribution in [2.75, 3.05) is 30.8 Å². The van der Waals surface area contributed by atoms with Gasteiger partial charge in [-0.15, -0.1) is 0 Å². The highest BCUT2D eigenvalue weighted by Crippen LogP contribution is 2.33. The largest absolute Gasteiger partial charge is 0.494 e. The second kappa shape index (κ2) is 11.4. The van der Waals surface area contributed by atoms with Gasteiger partial charge in [0.05, 0.1) is 18.5 Å². The SMILES string of the molecule is COc1ccc(C(=O)Nc2ccccc2NC(=O)OC(c2ccncc2)C2CCNCC2)cc1F. The first-order chi connectivity index (χ1) is 17.0. The van der Waals surface area contributed by atoms with Crippen molar-refractivity contribution in [3.05, 3.63) is 83.9 Å². The Balaban J connectivity index is 1.47. The van der Waals surface area contributed by atoms with E-state index in [9.17, 15) is 14.0 Å². The topological polar surface area (TPSA) is 102 Å². The predicted octanol–water partition coefficient (Wildman–Crippen LogP) is 4.77. The third kappa shape index (κ3) is 6.13. The number of aromatic nitrogens is 1. The molecule has 3 N–H and O–H groups in total. The van der Waals surface area contributed by atoms with E-state index in [-0.39, 0.29) is 17.2 Å². The summed E-state index contributed by atoms with van der Waals surface area (Å²) in [5.41, 5.74) is 1.71. The van der Waals surface area contributed by atoms with Gasteiger partial charge in [0.15, 0.2) is 11.6 Å². The average Bonchev–Trinajstić information content (AvgIpc) is 2.89. The van der Waals surface area contributed by atoms with Crippen LogP contribution in [0.2, 0.25) is 0 Å². The lowest BCUT2D eigenvalue weighted by atomic mass is 9.88. The molecule has 0 aliphatic carbocycles. The number of halogens is 1. The molecular formula is C26H27FN4O4. The molecule has 2 aromatic carbocycles. The monoisotopic (exact) mass is 478 g/mol. The fourth-order valence-electron chi connectivity index (χ4n) is 4.09. The van der Waals surface area contributed by atoms with Crippen LogP contribution in [0.3, 0.4) is 0 Å². The van der Waals surface area contributed by atoms with Gasteiger partial charge in [0.2, 0.25) is 0 Å². The number of nitrogens with one attached hydrogen (secondary N) is 3. The average molecular weight is 479 g/mol.